The predicted molar refractivity (Wildman–Crippen MR) is 146 cm³/mol. The smallest absolute Gasteiger partial charge is 0.462 e. The van der Waals surface area contributed by atoms with Crippen molar-refractivity contribution in [2.24, 2.45) is 5.73 Å². The molecule has 0 heterocycles. The fourth-order valence-corrected chi connectivity index (χ4v) is 4.28. The Hall–Kier alpha value is -1.25. The van der Waals surface area contributed by atoms with Gasteiger partial charge in [0.2, 0.25) is 0 Å². The third kappa shape index (κ3) is 24.8. The van der Waals surface area contributed by atoms with Crippen molar-refractivity contribution in [2.45, 2.75) is 123 Å². The summed E-state index contributed by atoms with van der Waals surface area (Å²) < 4.78 is 32.2. The molecule has 0 spiro atoms. The SMILES string of the molecule is CCC/C=C\CCCCCCCC(=O)OC(COC(=O)CCCCCCCC)COP(=O)(O)OCCN. The minimum absolute atomic E-state index is 0.0535. The lowest BCUT2D eigenvalue weighted by molar-refractivity contribution is -0.161. The first-order chi connectivity index (χ1) is 17.8. The molecule has 0 amide bonds. The van der Waals surface area contributed by atoms with Crippen molar-refractivity contribution in [3.63, 3.8) is 0 Å². The molecule has 0 radical (unpaired) electrons. The second-order valence-corrected chi connectivity index (χ2v) is 10.7. The topological polar surface area (TPSA) is 134 Å². The van der Waals surface area contributed by atoms with Gasteiger partial charge in [0.15, 0.2) is 6.10 Å². The minimum Gasteiger partial charge on any atom is -0.462 e. The Morgan fingerprint density at radius 3 is 2.03 bits per heavy atom. The number of carbonyl (C=O) groups excluding carboxylic acids is 2. The number of hydrogen-bond acceptors (Lipinski definition) is 8. The van der Waals surface area contributed by atoms with Crippen LogP contribution in [0.25, 0.3) is 0 Å². The molecule has 2 unspecified atom stereocenters. The number of nitrogens with two attached hydrogens (primary N) is 1. The molecule has 9 nitrogen and oxygen atoms in total. The lowest BCUT2D eigenvalue weighted by Crippen LogP contribution is -2.29. The molecule has 0 bridgehead atoms. The van der Waals surface area contributed by atoms with Crippen LogP contribution in [0.2, 0.25) is 0 Å². The van der Waals surface area contributed by atoms with Crippen LogP contribution in [-0.2, 0) is 32.7 Å². The molecule has 3 N–H and O–H groups in total. The van der Waals surface area contributed by atoms with E-state index >= 15 is 0 Å². The van der Waals surface area contributed by atoms with Crippen molar-refractivity contribution in [3.05, 3.63) is 12.2 Å². The number of carbonyl (C=O) groups is 2. The fraction of sp³-hybridized carbons (Fsp3) is 0.852. The first-order valence-corrected chi connectivity index (χ1v) is 15.7. The Balaban J connectivity index is 4.39. The molecular weight excluding hydrogens is 497 g/mol. The van der Waals surface area contributed by atoms with E-state index in [2.05, 4.69) is 26.0 Å². The van der Waals surface area contributed by atoms with Crippen LogP contribution in [-0.4, -0.2) is 49.3 Å². The summed E-state index contributed by atoms with van der Waals surface area (Å²) in [5, 5.41) is 0. The van der Waals surface area contributed by atoms with Gasteiger partial charge in [0.05, 0.1) is 13.2 Å². The van der Waals surface area contributed by atoms with E-state index in [-0.39, 0.29) is 32.6 Å². The van der Waals surface area contributed by atoms with Crippen molar-refractivity contribution in [2.75, 3.05) is 26.4 Å². The number of allylic oxidation sites excluding steroid dienone is 2. The van der Waals surface area contributed by atoms with Crippen LogP contribution in [0, 0.1) is 0 Å². The molecule has 0 saturated carbocycles. The van der Waals surface area contributed by atoms with Gasteiger partial charge < -0.3 is 20.1 Å². The van der Waals surface area contributed by atoms with Crippen LogP contribution in [0.15, 0.2) is 12.2 Å². The maximum absolute atomic E-state index is 12.3. The predicted octanol–water partition coefficient (Wildman–Crippen LogP) is 6.37. The van der Waals surface area contributed by atoms with Gasteiger partial charge in [-0.2, -0.15) is 0 Å². The number of rotatable bonds is 26. The van der Waals surface area contributed by atoms with Crippen LogP contribution < -0.4 is 5.73 Å². The Labute approximate surface area is 224 Å². The highest BCUT2D eigenvalue weighted by Crippen LogP contribution is 2.43. The molecular formula is C27H52NO8P. The molecule has 0 aromatic carbocycles. The molecule has 10 heteroatoms. The van der Waals surface area contributed by atoms with Crippen molar-refractivity contribution >= 4 is 19.8 Å². The molecule has 2 atom stereocenters. The average molecular weight is 550 g/mol. The van der Waals surface area contributed by atoms with Crippen LogP contribution in [0.5, 0.6) is 0 Å². The van der Waals surface area contributed by atoms with Crippen molar-refractivity contribution in [1.82, 2.24) is 0 Å². The Kier molecular flexibility index (Phi) is 24.2. The maximum atomic E-state index is 12.3. The summed E-state index contributed by atoms with van der Waals surface area (Å²) in [5.74, 6) is -0.855. The van der Waals surface area contributed by atoms with Gasteiger partial charge in [-0.3, -0.25) is 18.6 Å². The highest BCUT2D eigenvalue weighted by atomic mass is 31.2. The third-order valence-corrected chi connectivity index (χ3v) is 6.62. The number of esters is 2. The monoisotopic (exact) mass is 549 g/mol. The van der Waals surface area contributed by atoms with E-state index in [0.29, 0.717) is 6.42 Å². The van der Waals surface area contributed by atoms with Gasteiger partial charge >= 0.3 is 19.8 Å². The standard InChI is InChI=1S/C27H52NO8P/c1-3-5-7-9-11-12-13-14-16-18-20-27(30)36-25(24-35-37(31,32)34-22-21-28)23-33-26(29)19-17-15-10-8-6-4-2/h7,9,25H,3-6,8,10-24,28H2,1-2H3,(H,31,32)/b9-7-. The summed E-state index contributed by atoms with van der Waals surface area (Å²) in [6.45, 7) is 3.54. The molecule has 0 aromatic rings. The maximum Gasteiger partial charge on any atom is 0.472 e. The summed E-state index contributed by atoms with van der Waals surface area (Å²) in [6, 6.07) is 0. The number of phosphoric acid groups is 1. The van der Waals surface area contributed by atoms with Crippen LogP contribution in [0.4, 0.5) is 0 Å². The van der Waals surface area contributed by atoms with E-state index in [1.807, 2.05) is 0 Å². The van der Waals surface area contributed by atoms with Crippen molar-refractivity contribution < 1.29 is 37.6 Å². The van der Waals surface area contributed by atoms with Crippen LogP contribution >= 0.6 is 7.82 Å². The highest BCUT2D eigenvalue weighted by molar-refractivity contribution is 7.47. The van der Waals surface area contributed by atoms with Gasteiger partial charge in [0.25, 0.3) is 0 Å². The summed E-state index contributed by atoms with van der Waals surface area (Å²) in [6.07, 6.45) is 18.5. The quantitative estimate of drug-likeness (QED) is 0.0546. The van der Waals surface area contributed by atoms with Crippen molar-refractivity contribution in [3.8, 4) is 0 Å². The van der Waals surface area contributed by atoms with E-state index in [0.717, 1.165) is 64.2 Å². The molecule has 218 valence electrons. The van der Waals surface area contributed by atoms with Gasteiger partial charge in [-0.15, -0.1) is 0 Å². The number of ether oxygens (including phenoxy) is 2. The largest absolute Gasteiger partial charge is 0.472 e. The van der Waals surface area contributed by atoms with Gasteiger partial charge in [-0.25, -0.2) is 4.57 Å². The second kappa shape index (κ2) is 25.1. The molecule has 0 aliphatic rings. The summed E-state index contributed by atoms with van der Waals surface area (Å²) in [4.78, 5) is 34.1. The molecule has 0 aliphatic carbocycles. The third-order valence-electron chi connectivity index (χ3n) is 5.63. The molecule has 0 aromatic heterocycles. The molecule has 0 rings (SSSR count). The first-order valence-electron chi connectivity index (χ1n) is 14.2. The number of hydrogen-bond donors (Lipinski definition) is 2. The second-order valence-electron chi connectivity index (χ2n) is 9.27. The Morgan fingerprint density at radius 1 is 0.784 bits per heavy atom. The molecule has 37 heavy (non-hydrogen) atoms. The lowest BCUT2D eigenvalue weighted by Gasteiger charge is -2.19. The Morgan fingerprint density at radius 2 is 1.38 bits per heavy atom. The minimum atomic E-state index is -4.35. The number of unbranched alkanes of at least 4 members (excludes halogenated alkanes) is 11. The van der Waals surface area contributed by atoms with Gasteiger partial charge in [-0.05, 0) is 32.1 Å². The van der Waals surface area contributed by atoms with Gasteiger partial charge in [-0.1, -0.05) is 83.8 Å². The fourth-order valence-electron chi connectivity index (χ4n) is 3.52. The van der Waals surface area contributed by atoms with Gasteiger partial charge in [0.1, 0.15) is 6.61 Å². The van der Waals surface area contributed by atoms with E-state index in [9.17, 15) is 19.0 Å². The zero-order chi connectivity index (χ0) is 27.6. The summed E-state index contributed by atoms with van der Waals surface area (Å²) >= 11 is 0. The normalized spacial score (nSPS) is 13.9. The van der Waals surface area contributed by atoms with E-state index in [4.69, 9.17) is 24.3 Å². The van der Waals surface area contributed by atoms with Crippen LogP contribution in [0.1, 0.15) is 117 Å². The first kappa shape index (κ1) is 35.8. The zero-order valence-electron chi connectivity index (χ0n) is 23.2. The van der Waals surface area contributed by atoms with Gasteiger partial charge in [0, 0.05) is 19.4 Å². The molecule has 0 saturated heterocycles. The van der Waals surface area contributed by atoms with E-state index in [1.165, 1.54) is 19.3 Å². The zero-order valence-corrected chi connectivity index (χ0v) is 24.1. The Bertz CT molecular complexity index is 644. The highest BCUT2D eigenvalue weighted by Gasteiger charge is 2.25. The van der Waals surface area contributed by atoms with Crippen LogP contribution in [0.3, 0.4) is 0 Å². The number of phosphoric ester groups is 1. The summed E-state index contributed by atoms with van der Waals surface area (Å²) in [5.41, 5.74) is 5.28. The molecule has 0 fully saturated rings. The lowest BCUT2D eigenvalue weighted by atomic mass is 10.1. The van der Waals surface area contributed by atoms with Crippen molar-refractivity contribution in [1.29, 1.82) is 0 Å². The summed E-state index contributed by atoms with van der Waals surface area (Å²) in [7, 11) is -4.35. The van der Waals surface area contributed by atoms with E-state index < -0.39 is 32.5 Å². The molecule has 0 aliphatic heterocycles. The van der Waals surface area contributed by atoms with E-state index in [1.54, 1.807) is 0 Å². The average Bonchev–Trinajstić information content (AvgIpc) is 2.87.